The van der Waals surface area contributed by atoms with Gasteiger partial charge in [-0.05, 0) is 12.8 Å². The van der Waals surface area contributed by atoms with Crippen LogP contribution >= 0.6 is 11.6 Å². The van der Waals surface area contributed by atoms with Crippen LogP contribution in [0.4, 0.5) is 0 Å². The number of aromatic amines is 1. The lowest BCUT2D eigenvalue weighted by atomic mass is 10.1. The molecule has 2 heterocycles. The molecule has 0 saturated heterocycles. The molecule has 1 atom stereocenters. The van der Waals surface area contributed by atoms with Gasteiger partial charge in [-0.3, -0.25) is 0 Å². The van der Waals surface area contributed by atoms with E-state index in [9.17, 15) is 4.79 Å². The molecule has 0 aromatic carbocycles. The molecule has 2 aromatic rings. The van der Waals surface area contributed by atoms with Gasteiger partial charge in [-0.1, -0.05) is 13.8 Å². The number of H-pyrrole nitrogens is 1. The number of aryl methyl sites for hydroxylation is 1. The third kappa shape index (κ3) is 2.34. The second-order valence-electron chi connectivity index (χ2n) is 4.48. The lowest BCUT2D eigenvalue weighted by Gasteiger charge is -2.12. The van der Waals surface area contributed by atoms with Crippen LogP contribution in [0.25, 0.3) is 5.65 Å². The van der Waals surface area contributed by atoms with Crippen molar-refractivity contribution in [2.75, 3.05) is 0 Å². The van der Waals surface area contributed by atoms with Crippen LogP contribution in [-0.4, -0.2) is 25.0 Å². The Morgan fingerprint density at radius 2 is 2.24 bits per heavy atom. The molecule has 5 nitrogen and oxygen atoms in total. The summed E-state index contributed by atoms with van der Waals surface area (Å²) in [4.78, 5) is 15.8. The highest BCUT2D eigenvalue weighted by atomic mass is 35.5. The number of nitrogens with zero attached hydrogens (tertiary/aromatic N) is 3. The zero-order chi connectivity index (χ0) is 12.6. The minimum atomic E-state index is -0.261. The maximum atomic E-state index is 11.4. The van der Waals surface area contributed by atoms with Gasteiger partial charge in [-0.2, -0.15) is 5.10 Å². The summed E-state index contributed by atoms with van der Waals surface area (Å²) in [6, 6.07) is 1.79. The maximum Gasteiger partial charge on any atom is 0.349 e. The minimum Gasteiger partial charge on any atom is -0.246 e. The van der Waals surface area contributed by atoms with E-state index in [-0.39, 0.29) is 11.1 Å². The molecule has 1 unspecified atom stereocenters. The highest BCUT2D eigenvalue weighted by Crippen LogP contribution is 2.15. The SMILES string of the molecule is Cc1nc(CC(Cl)C(C)C)cc2n[nH]c(=O)n12. The number of aromatic nitrogens is 4. The molecular formula is C11H15ClN4O. The van der Waals surface area contributed by atoms with Crippen LogP contribution in [0.1, 0.15) is 25.4 Å². The molecule has 0 aliphatic heterocycles. The van der Waals surface area contributed by atoms with E-state index in [0.29, 0.717) is 23.8 Å². The zero-order valence-electron chi connectivity index (χ0n) is 10.1. The Kier molecular flexibility index (Phi) is 3.19. The molecule has 0 spiro atoms. The smallest absolute Gasteiger partial charge is 0.246 e. The Hall–Kier alpha value is -1.36. The maximum absolute atomic E-state index is 11.4. The van der Waals surface area contributed by atoms with Crippen molar-refractivity contribution in [3.63, 3.8) is 0 Å². The summed E-state index contributed by atoms with van der Waals surface area (Å²) >= 11 is 6.22. The van der Waals surface area contributed by atoms with Gasteiger partial charge in [-0.15, -0.1) is 11.6 Å². The van der Waals surface area contributed by atoms with Crippen molar-refractivity contribution < 1.29 is 0 Å². The number of nitrogens with one attached hydrogen (secondary N) is 1. The van der Waals surface area contributed by atoms with Crippen molar-refractivity contribution in [3.05, 3.63) is 28.1 Å². The van der Waals surface area contributed by atoms with Gasteiger partial charge in [0, 0.05) is 23.6 Å². The van der Waals surface area contributed by atoms with Gasteiger partial charge in [-0.25, -0.2) is 19.3 Å². The number of rotatable bonds is 3. The van der Waals surface area contributed by atoms with E-state index in [4.69, 9.17) is 11.6 Å². The molecule has 92 valence electrons. The average molecular weight is 255 g/mol. The molecule has 0 saturated carbocycles. The highest BCUT2D eigenvalue weighted by molar-refractivity contribution is 6.20. The topological polar surface area (TPSA) is 63.0 Å². The first-order valence-corrected chi connectivity index (χ1v) is 6.00. The molecule has 0 fully saturated rings. The lowest BCUT2D eigenvalue weighted by molar-refractivity contribution is 0.589. The normalized spacial score (nSPS) is 13.5. The summed E-state index contributed by atoms with van der Waals surface area (Å²) < 4.78 is 1.45. The molecule has 0 radical (unpaired) electrons. The molecule has 0 aliphatic carbocycles. The van der Waals surface area contributed by atoms with E-state index in [1.807, 2.05) is 0 Å². The van der Waals surface area contributed by atoms with Gasteiger partial charge in [0.15, 0.2) is 5.65 Å². The molecule has 0 amide bonds. The minimum absolute atomic E-state index is 0.0370. The third-order valence-electron chi connectivity index (χ3n) is 2.75. The Morgan fingerprint density at radius 1 is 1.53 bits per heavy atom. The molecule has 2 rings (SSSR count). The monoisotopic (exact) mass is 254 g/mol. The fraction of sp³-hybridized carbons (Fsp3) is 0.545. The van der Waals surface area contributed by atoms with Crippen LogP contribution in [0.5, 0.6) is 0 Å². The summed E-state index contributed by atoms with van der Waals surface area (Å²) in [5.74, 6) is 1.01. The molecule has 17 heavy (non-hydrogen) atoms. The zero-order valence-corrected chi connectivity index (χ0v) is 10.8. The third-order valence-corrected chi connectivity index (χ3v) is 3.41. The van der Waals surface area contributed by atoms with Gasteiger partial charge < -0.3 is 0 Å². The van der Waals surface area contributed by atoms with E-state index < -0.39 is 0 Å². The summed E-state index contributed by atoms with van der Waals surface area (Å²) in [5.41, 5.74) is 1.19. The first kappa shape index (κ1) is 12.1. The van der Waals surface area contributed by atoms with Gasteiger partial charge in [0.25, 0.3) is 0 Å². The van der Waals surface area contributed by atoms with Gasteiger partial charge >= 0.3 is 5.69 Å². The molecular weight excluding hydrogens is 240 g/mol. The predicted molar refractivity (Wildman–Crippen MR) is 66.5 cm³/mol. The number of halogens is 1. The molecule has 1 N–H and O–H groups in total. The van der Waals surface area contributed by atoms with Crippen LogP contribution in [0.15, 0.2) is 10.9 Å². The van der Waals surface area contributed by atoms with E-state index in [1.54, 1.807) is 13.0 Å². The standard InChI is InChI=1S/C11H15ClN4O/c1-6(2)9(12)4-8-5-10-14-15-11(17)16(10)7(3)13-8/h5-6,9H,4H2,1-3H3,(H,15,17). The van der Waals surface area contributed by atoms with Crippen LogP contribution in [0.2, 0.25) is 0 Å². The number of fused-ring (bicyclic) bond motifs is 1. The van der Waals surface area contributed by atoms with Crippen molar-refractivity contribution in [3.8, 4) is 0 Å². The predicted octanol–water partition coefficient (Wildman–Crippen LogP) is 1.53. The Bertz CT molecular complexity index is 587. The van der Waals surface area contributed by atoms with E-state index in [1.165, 1.54) is 4.40 Å². The first-order valence-electron chi connectivity index (χ1n) is 5.56. The Morgan fingerprint density at radius 3 is 2.88 bits per heavy atom. The van der Waals surface area contributed by atoms with Crippen molar-refractivity contribution >= 4 is 17.2 Å². The molecule has 6 heteroatoms. The van der Waals surface area contributed by atoms with Gasteiger partial charge in [0.05, 0.1) is 0 Å². The second-order valence-corrected chi connectivity index (χ2v) is 5.04. The number of alkyl halides is 1. The summed E-state index contributed by atoms with van der Waals surface area (Å²) in [5, 5.41) is 6.38. The van der Waals surface area contributed by atoms with Crippen molar-refractivity contribution in [2.24, 2.45) is 5.92 Å². The quantitative estimate of drug-likeness (QED) is 0.845. The van der Waals surface area contributed by atoms with Crippen molar-refractivity contribution in [2.45, 2.75) is 32.6 Å². The highest BCUT2D eigenvalue weighted by Gasteiger charge is 2.13. The van der Waals surface area contributed by atoms with Gasteiger partial charge in [0.1, 0.15) is 5.82 Å². The van der Waals surface area contributed by atoms with Crippen LogP contribution in [-0.2, 0) is 6.42 Å². The van der Waals surface area contributed by atoms with Crippen LogP contribution in [0.3, 0.4) is 0 Å². The molecule has 0 bridgehead atoms. The van der Waals surface area contributed by atoms with E-state index in [2.05, 4.69) is 29.0 Å². The van der Waals surface area contributed by atoms with Gasteiger partial charge in [0.2, 0.25) is 0 Å². The fourth-order valence-electron chi connectivity index (χ4n) is 1.70. The van der Waals surface area contributed by atoms with Crippen molar-refractivity contribution in [1.82, 2.24) is 19.6 Å². The largest absolute Gasteiger partial charge is 0.349 e. The average Bonchev–Trinajstić information content (AvgIpc) is 2.60. The van der Waals surface area contributed by atoms with Crippen LogP contribution in [0, 0.1) is 12.8 Å². The molecule has 2 aromatic heterocycles. The number of hydrogen-bond acceptors (Lipinski definition) is 3. The summed E-state index contributed by atoms with van der Waals surface area (Å²) in [6.45, 7) is 5.93. The summed E-state index contributed by atoms with van der Waals surface area (Å²) in [7, 11) is 0. The van der Waals surface area contributed by atoms with Crippen LogP contribution < -0.4 is 5.69 Å². The first-order chi connectivity index (χ1) is 7.99. The fourth-order valence-corrected chi connectivity index (χ4v) is 1.86. The van der Waals surface area contributed by atoms with E-state index in [0.717, 1.165) is 5.69 Å². The Labute approximate surface area is 104 Å². The van der Waals surface area contributed by atoms with E-state index >= 15 is 0 Å². The second kappa shape index (κ2) is 4.49. The molecule has 0 aliphatic rings. The number of hydrogen-bond donors (Lipinski definition) is 1. The lowest BCUT2D eigenvalue weighted by Crippen LogP contribution is -2.16. The van der Waals surface area contributed by atoms with Crippen molar-refractivity contribution in [1.29, 1.82) is 0 Å². The Balaban J connectivity index is 2.41. The summed E-state index contributed by atoms with van der Waals surface area (Å²) in [6.07, 6.45) is 0.678.